The number of fused-ring (bicyclic) bond motifs is 7. The van der Waals surface area contributed by atoms with Crippen molar-refractivity contribution in [2.24, 2.45) is 14.1 Å². The number of aryl methyl sites for hydroxylation is 4. The summed E-state index contributed by atoms with van der Waals surface area (Å²) in [5, 5.41) is 10.9. The lowest BCUT2D eigenvalue weighted by Crippen LogP contribution is -1.96. The number of rotatable bonds is 18. The first kappa shape index (κ1) is 32.7. The fraction of sp³-hybridized carbons (Fsp3) is 0.500. The molecule has 2 nitrogen and oxygen atoms in total. The van der Waals surface area contributed by atoms with E-state index in [2.05, 4.69) is 97.7 Å². The Morgan fingerprint density at radius 1 is 0.370 bits per heavy atom. The molecule has 6 rings (SSSR count). The highest BCUT2D eigenvalue weighted by Gasteiger charge is 2.13. The van der Waals surface area contributed by atoms with Gasteiger partial charge in [-0.25, -0.2) is 0 Å². The summed E-state index contributed by atoms with van der Waals surface area (Å²) in [6.07, 6.45) is 24.3. The van der Waals surface area contributed by atoms with Crippen molar-refractivity contribution in [1.29, 1.82) is 0 Å². The minimum absolute atomic E-state index is 1.18. The van der Waals surface area contributed by atoms with E-state index in [9.17, 15) is 0 Å². The van der Waals surface area contributed by atoms with Crippen LogP contribution >= 0.6 is 0 Å². The van der Waals surface area contributed by atoms with Crippen LogP contribution in [0.4, 0.5) is 0 Å². The van der Waals surface area contributed by atoms with Gasteiger partial charge in [0.25, 0.3) is 0 Å². The summed E-state index contributed by atoms with van der Waals surface area (Å²) in [6.45, 7) is 4.60. The van der Waals surface area contributed by atoms with Crippen LogP contribution in [0.2, 0.25) is 0 Å². The number of benzene rings is 4. The van der Waals surface area contributed by atoms with E-state index in [0.29, 0.717) is 0 Å². The van der Waals surface area contributed by atoms with E-state index in [4.69, 9.17) is 0 Å². The molecule has 2 heterocycles. The third-order valence-electron chi connectivity index (χ3n) is 10.9. The molecular formula is C44H58N2. The Bertz CT molecular complexity index is 1760. The molecule has 0 radical (unpaired) electrons. The van der Waals surface area contributed by atoms with E-state index in [1.165, 1.54) is 181 Å². The van der Waals surface area contributed by atoms with Gasteiger partial charge in [-0.1, -0.05) is 128 Å². The average Bonchev–Trinajstić information content (AvgIpc) is 3.55. The van der Waals surface area contributed by atoms with E-state index in [1.807, 2.05) is 0 Å². The van der Waals surface area contributed by atoms with Crippen molar-refractivity contribution in [2.45, 2.75) is 129 Å². The van der Waals surface area contributed by atoms with Crippen LogP contribution in [0.5, 0.6) is 0 Å². The Labute approximate surface area is 278 Å². The molecule has 0 unspecified atom stereocenters. The first-order chi connectivity index (χ1) is 22.6. The van der Waals surface area contributed by atoms with Crippen molar-refractivity contribution < 1.29 is 0 Å². The van der Waals surface area contributed by atoms with Gasteiger partial charge in [0.2, 0.25) is 0 Å². The van der Waals surface area contributed by atoms with Crippen LogP contribution in [0.1, 0.15) is 128 Å². The fourth-order valence-electron chi connectivity index (χ4n) is 8.02. The highest BCUT2D eigenvalue weighted by atomic mass is 14.9. The molecule has 2 aromatic heterocycles. The molecule has 46 heavy (non-hydrogen) atoms. The molecule has 6 aromatic rings. The van der Waals surface area contributed by atoms with Crippen LogP contribution in [-0.4, -0.2) is 9.13 Å². The van der Waals surface area contributed by atoms with Crippen LogP contribution in [0.15, 0.2) is 60.7 Å². The minimum atomic E-state index is 1.18. The van der Waals surface area contributed by atoms with Crippen molar-refractivity contribution in [3.63, 3.8) is 0 Å². The number of hydrogen-bond acceptors (Lipinski definition) is 0. The standard InChI is InChI=1S/C44H58N2/c1-5-7-9-11-13-15-17-19-21-37-29-35-27-33-23-25-40-39(41(33)31-43(35)45(37)3)26-24-34-28-36-30-38(46(4)44(36)32-42(34)40)22-20-18-16-14-12-10-8-6-2/h23-32H,5-22H2,1-4H3. The summed E-state index contributed by atoms with van der Waals surface area (Å²) in [5.74, 6) is 0. The predicted octanol–water partition coefficient (Wildman–Crippen LogP) is 13.5. The molecular weight excluding hydrogens is 556 g/mol. The van der Waals surface area contributed by atoms with Crippen molar-refractivity contribution in [2.75, 3.05) is 0 Å². The van der Waals surface area contributed by atoms with E-state index in [1.54, 1.807) is 0 Å². The fourth-order valence-corrected chi connectivity index (χ4v) is 8.02. The summed E-state index contributed by atoms with van der Waals surface area (Å²) in [5.41, 5.74) is 5.66. The highest BCUT2D eigenvalue weighted by molar-refractivity contribution is 6.20. The maximum Gasteiger partial charge on any atom is 0.0486 e. The van der Waals surface area contributed by atoms with Gasteiger partial charge in [0, 0.05) is 47.3 Å². The van der Waals surface area contributed by atoms with Gasteiger partial charge >= 0.3 is 0 Å². The minimum Gasteiger partial charge on any atom is -0.348 e. The maximum atomic E-state index is 2.46. The zero-order chi connectivity index (χ0) is 31.9. The molecule has 0 saturated carbocycles. The predicted molar refractivity (Wildman–Crippen MR) is 205 cm³/mol. The molecule has 2 heteroatoms. The van der Waals surface area contributed by atoms with Gasteiger partial charge in [-0.15, -0.1) is 0 Å². The first-order valence-corrected chi connectivity index (χ1v) is 18.9. The molecule has 0 bridgehead atoms. The highest BCUT2D eigenvalue weighted by Crippen LogP contribution is 2.36. The Morgan fingerprint density at radius 3 is 1.13 bits per heavy atom. The normalized spacial score (nSPS) is 12.2. The number of nitrogens with zero attached hydrogens (tertiary/aromatic N) is 2. The van der Waals surface area contributed by atoms with Crippen LogP contribution in [0.3, 0.4) is 0 Å². The van der Waals surface area contributed by atoms with E-state index in [-0.39, 0.29) is 0 Å². The van der Waals surface area contributed by atoms with Crippen molar-refractivity contribution in [3.05, 3.63) is 72.1 Å². The van der Waals surface area contributed by atoms with E-state index >= 15 is 0 Å². The summed E-state index contributed by atoms with van der Waals surface area (Å²) in [6, 6.07) is 24.1. The molecule has 0 N–H and O–H groups in total. The molecule has 0 saturated heterocycles. The third-order valence-corrected chi connectivity index (χ3v) is 10.9. The van der Waals surface area contributed by atoms with Crippen molar-refractivity contribution in [1.82, 2.24) is 9.13 Å². The SMILES string of the molecule is CCCCCCCCCCc1cc2cc3ccc4c5cc6c(cc(CCCCCCCCCC)n6C)cc5ccc4c3cc2n1C. The summed E-state index contributed by atoms with van der Waals surface area (Å²) >= 11 is 0. The second-order valence-electron chi connectivity index (χ2n) is 14.3. The molecule has 0 aliphatic carbocycles. The Kier molecular flexibility index (Phi) is 11.0. The molecule has 244 valence electrons. The largest absolute Gasteiger partial charge is 0.348 e. The van der Waals surface area contributed by atoms with E-state index in [0.717, 1.165) is 0 Å². The maximum absolute atomic E-state index is 2.46. The van der Waals surface area contributed by atoms with Crippen molar-refractivity contribution >= 4 is 54.1 Å². The van der Waals surface area contributed by atoms with Gasteiger partial charge in [-0.3, -0.25) is 0 Å². The first-order valence-electron chi connectivity index (χ1n) is 18.9. The molecule has 0 aliphatic rings. The average molecular weight is 615 g/mol. The second-order valence-corrected chi connectivity index (χ2v) is 14.3. The Hall–Kier alpha value is -3.26. The number of unbranched alkanes of at least 4 members (excludes halogenated alkanes) is 14. The summed E-state index contributed by atoms with van der Waals surface area (Å²) in [7, 11) is 4.54. The zero-order valence-corrected chi connectivity index (χ0v) is 29.4. The molecule has 0 fully saturated rings. The topological polar surface area (TPSA) is 9.86 Å². The molecule has 0 spiro atoms. The van der Waals surface area contributed by atoms with Crippen LogP contribution in [0.25, 0.3) is 54.1 Å². The molecule has 0 amide bonds. The lowest BCUT2D eigenvalue weighted by Gasteiger charge is -2.10. The number of hydrogen-bond donors (Lipinski definition) is 0. The molecule has 0 atom stereocenters. The Morgan fingerprint density at radius 2 is 0.739 bits per heavy atom. The number of aromatic nitrogens is 2. The summed E-state index contributed by atoms with van der Waals surface area (Å²) < 4.78 is 4.91. The Balaban J connectivity index is 1.20. The van der Waals surface area contributed by atoms with Gasteiger partial charge < -0.3 is 9.13 Å². The van der Waals surface area contributed by atoms with Crippen molar-refractivity contribution in [3.8, 4) is 0 Å². The molecule has 4 aromatic carbocycles. The second kappa shape index (κ2) is 15.6. The van der Waals surface area contributed by atoms with Gasteiger partial charge in [0.1, 0.15) is 0 Å². The van der Waals surface area contributed by atoms with E-state index < -0.39 is 0 Å². The quantitative estimate of drug-likeness (QED) is 0.0673. The van der Waals surface area contributed by atoms with Gasteiger partial charge in [-0.2, -0.15) is 0 Å². The molecule has 0 aliphatic heterocycles. The van der Waals surface area contributed by atoms with Gasteiger partial charge in [0.05, 0.1) is 0 Å². The smallest absolute Gasteiger partial charge is 0.0486 e. The van der Waals surface area contributed by atoms with Gasteiger partial charge in [0.15, 0.2) is 0 Å². The van der Waals surface area contributed by atoms with Crippen LogP contribution < -0.4 is 0 Å². The van der Waals surface area contributed by atoms with Gasteiger partial charge in [-0.05, 0) is 94.4 Å². The zero-order valence-electron chi connectivity index (χ0n) is 29.4. The lowest BCUT2D eigenvalue weighted by molar-refractivity contribution is 0.572. The van der Waals surface area contributed by atoms with Crippen LogP contribution in [-0.2, 0) is 26.9 Å². The van der Waals surface area contributed by atoms with Crippen LogP contribution in [0, 0.1) is 0 Å². The third kappa shape index (κ3) is 7.17. The summed E-state index contributed by atoms with van der Waals surface area (Å²) in [4.78, 5) is 0. The monoisotopic (exact) mass is 614 g/mol. The lowest BCUT2D eigenvalue weighted by atomic mass is 9.95.